The van der Waals surface area contributed by atoms with Gasteiger partial charge in [0.2, 0.25) is 0 Å². The van der Waals surface area contributed by atoms with Crippen molar-refractivity contribution in [3.63, 3.8) is 0 Å². The molecule has 7 heteroatoms. The molecule has 0 aliphatic carbocycles. The van der Waals surface area contributed by atoms with Crippen molar-refractivity contribution >= 4 is 22.4 Å². The number of hydrogen-bond donors (Lipinski definition) is 1. The van der Waals surface area contributed by atoms with Crippen molar-refractivity contribution < 1.29 is 19.0 Å². The van der Waals surface area contributed by atoms with E-state index in [2.05, 4.69) is 10.3 Å². The van der Waals surface area contributed by atoms with Gasteiger partial charge < -0.3 is 14.2 Å². The number of benzene rings is 1. The lowest BCUT2D eigenvalue weighted by molar-refractivity contribution is -0.118. The zero-order valence-electron chi connectivity index (χ0n) is 14.3. The molecule has 3 heterocycles. The molecule has 2 aliphatic heterocycles. The molecule has 2 aliphatic rings. The highest BCUT2D eigenvalue weighted by atomic mass is 32.1. The summed E-state index contributed by atoms with van der Waals surface area (Å²) in [5, 5.41) is 3.40. The first-order valence-electron chi connectivity index (χ1n) is 8.30. The molecule has 1 N–H and O–H groups in total. The molecule has 0 radical (unpaired) electrons. The van der Waals surface area contributed by atoms with Crippen LogP contribution in [0, 0.1) is 0 Å². The maximum Gasteiger partial charge on any atom is 0.264 e. The fourth-order valence-corrected chi connectivity index (χ4v) is 4.04. The van der Waals surface area contributed by atoms with Crippen LogP contribution in [0.2, 0.25) is 0 Å². The van der Waals surface area contributed by atoms with Crippen LogP contribution in [0.3, 0.4) is 0 Å². The van der Waals surface area contributed by atoms with Crippen LogP contribution in [0.4, 0.5) is 5.13 Å². The van der Waals surface area contributed by atoms with E-state index in [0.717, 1.165) is 34.7 Å². The number of fused-ring (bicyclic) bond motifs is 2. The molecule has 4 rings (SSSR count). The largest absolute Gasteiger partial charge is 0.483 e. The van der Waals surface area contributed by atoms with Gasteiger partial charge in [0.25, 0.3) is 5.91 Å². The molecule has 0 unspecified atom stereocenters. The Labute approximate surface area is 150 Å². The van der Waals surface area contributed by atoms with Crippen LogP contribution >= 0.6 is 11.3 Å². The molecule has 25 heavy (non-hydrogen) atoms. The van der Waals surface area contributed by atoms with Crippen molar-refractivity contribution in [3.8, 4) is 11.5 Å². The van der Waals surface area contributed by atoms with Crippen LogP contribution in [0.5, 0.6) is 11.5 Å². The second-order valence-electron chi connectivity index (χ2n) is 6.81. The Morgan fingerprint density at radius 3 is 3.16 bits per heavy atom. The van der Waals surface area contributed by atoms with Gasteiger partial charge in [0.05, 0.1) is 23.8 Å². The minimum atomic E-state index is -0.244. The van der Waals surface area contributed by atoms with Gasteiger partial charge in [-0.1, -0.05) is 23.5 Å². The Morgan fingerprint density at radius 1 is 1.44 bits per heavy atom. The molecular formula is C18H20N2O4S. The van der Waals surface area contributed by atoms with Crippen LogP contribution in [0.1, 0.15) is 30.0 Å². The zero-order chi connectivity index (χ0) is 17.4. The van der Waals surface area contributed by atoms with Crippen molar-refractivity contribution in [3.05, 3.63) is 34.3 Å². The van der Waals surface area contributed by atoms with Crippen LogP contribution < -0.4 is 14.8 Å². The summed E-state index contributed by atoms with van der Waals surface area (Å²) in [5.41, 5.74) is 1.88. The van der Waals surface area contributed by atoms with E-state index in [4.69, 9.17) is 14.2 Å². The molecule has 0 spiro atoms. The smallest absolute Gasteiger partial charge is 0.264 e. The minimum absolute atomic E-state index is 0.0824. The second kappa shape index (κ2) is 6.31. The Hall–Kier alpha value is -2.12. The number of rotatable bonds is 4. The number of nitrogens with one attached hydrogen (secondary N) is 1. The average Bonchev–Trinajstić information content (AvgIpc) is 3.10. The third-order valence-corrected chi connectivity index (χ3v) is 5.14. The number of amides is 1. The van der Waals surface area contributed by atoms with Crippen molar-refractivity contribution in [1.29, 1.82) is 0 Å². The molecule has 1 aromatic carbocycles. The minimum Gasteiger partial charge on any atom is -0.483 e. The zero-order valence-corrected chi connectivity index (χ0v) is 15.1. The SMILES string of the molecule is CC1(C)Cc2cccc(OCC(=O)Nc3nc4c(s3)COCC4)c2O1. The number of para-hydroxylation sites is 1. The van der Waals surface area contributed by atoms with Gasteiger partial charge in [0.15, 0.2) is 23.2 Å². The number of nitrogens with zero attached hydrogens (tertiary/aromatic N) is 1. The van der Waals surface area contributed by atoms with E-state index < -0.39 is 0 Å². The second-order valence-corrected chi connectivity index (χ2v) is 7.89. The fraction of sp³-hybridized carbons (Fsp3) is 0.444. The molecule has 6 nitrogen and oxygen atoms in total. The van der Waals surface area contributed by atoms with Crippen LogP contribution in [-0.2, 0) is 29.0 Å². The lowest BCUT2D eigenvalue weighted by atomic mass is 10.0. The lowest BCUT2D eigenvalue weighted by Crippen LogP contribution is -2.25. The summed E-state index contributed by atoms with van der Waals surface area (Å²) in [6, 6.07) is 5.78. The van der Waals surface area contributed by atoms with Gasteiger partial charge in [-0.25, -0.2) is 4.98 Å². The molecule has 0 saturated carbocycles. The standard InChI is InChI=1S/C18H20N2O4S/c1-18(2)8-11-4-3-5-13(16(11)24-18)23-10-15(21)20-17-19-12-6-7-22-9-14(12)25-17/h3-5H,6-10H2,1-2H3,(H,19,20,21). The topological polar surface area (TPSA) is 69.7 Å². The lowest BCUT2D eigenvalue weighted by Gasteiger charge is -2.18. The monoisotopic (exact) mass is 360 g/mol. The normalized spacial score (nSPS) is 17.4. The molecule has 132 valence electrons. The molecular weight excluding hydrogens is 340 g/mol. The van der Waals surface area contributed by atoms with E-state index in [1.165, 1.54) is 11.3 Å². The van der Waals surface area contributed by atoms with Gasteiger partial charge in [-0.15, -0.1) is 0 Å². The highest BCUT2D eigenvalue weighted by Crippen LogP contribution is 2.41. The Balaban J connectivity index is 1.38. The third-order valence-electron chi connectivity index (χ3n) is 4.15. The summed E-state index contributed by atoms with van der Waals surface area (Å²) >= 11 is 1.46. The molecule has 0 saturated heterocycles. The predicted molar refractivity (Wildman–Crippen MR) is 94.5 cm³/mol. The number of carbonyl (C=O) groups excluding carboxylic acids is 1. The van der Waals surface area contributed by atoms with E-state index in [9.17, 15) is 4.79 Å². The van der Waals surface area contributed by atoms with Gasteiger partial charge in [0, 0.05) is 18.4 Å². The highest BCUT2D eigenvalue weighted by Gasteiger charge is 2.32. The summed E-state index contributed by atoms with van der Waals surface area (Å²) in [5.74, 6) is 1.11. The average molecular weight is 360 g/mol. The van der Waals surface area contributed by atoms with Crippen LogP contribution in [0.15, 0.2) is 18.2 Å². The molecule has 1 aromatic heterocycles. The Bertz CT molecular complexity index is 792. The molecule has 0 fully saturated rings. The number of aromatic nitrogens is 1. The van der Waals surface area contributed by atoms with E-state index in [1.807, 2.05) is 32.0 Å². The summed E-state index contributed by atoms with van der Waals surface area (Å²) in [4.78, 5) is 17.7. The van der Waals surface area contributed by atoms with E-state index in [-0.39, 0.29) is 18.1 Å². The highest BCUT2D eigenvalue weighted by molar-refractivity contribution is 7.15. The van der Waals surface area contributed by atoms with Gasteiger partial charge in [-0.3, -0.25) is 10.1 Å². The fourth-order valence-electron chi connectivity index (χ4n) is 3.08. The van der Waals surface area contributed by atoms with E-state index >= 15 is 0 Å². The van der Waals surface area contributed by atoms with Crippen LogP contribution in [0.25, 0.3) is 0 Å². The predicted octanol–water partition coefficient (Wildman–Crippen LogP) is 2.95. The number of thiazole rings is 1. The Kier molecular flexibility index (Phi) is 4.13. The molecule has 1 amide bonds. The summed E-state index contributed by atoms with van der Waals surface area (Å²) < 4.78 is 17.0. The molecule has 0 atom stereocenters. The maximum atomic E-state index is 12.2. The first-order chi connectivity index (χ1) is 12.0. The van der Waals surface area contributed by atoms with Crippen molar-refractivity contribution in [2.45, 2.75) is 38.9 Å². The van der Waals surface area contributed by atoms with Gasteiger partial charge >= 0.3 is 0 Å². The third kappa shape index (κ3) is 3.48. The number of carbonyl (C=O) groups is 1. The van der Waals surface area contributed by atoms with Crippen molar-refractivity contribution in [2.24, 2.45) is 0 Å². The number of anilines is 1. The Morgan fingerprint density at radius 2 is 2.32 bits per heavy atom. The molecule has 0 bridgehead atoms. The van der Waals surface area contributed by atoms with E-state index in [0.29, 0.717) is 24.1 Å². The van der Waals surface area contributed by atoms with Gasteiger partial charge in [-0.2, -0.15) is 0 Å². The molecule has 2 aromatic rings. The number of hydrogen-bond acceptors (Lipinski definition) is 6. The summed E-state index contributed by atoms with van der Waals surface area (Å²) in [6.45, 7) is 5.25. The van der Waals surface area contributed by atoms with E-state index in [1.54, 1.807) is 0 Å². The summed E-state index contributed by atoms with van der Waals surface area (Å²) in [7, 11) is 0. The number of ether oxygens (including phenoxy) is 3. The quantitative estimate of drug-likeness (QED) is 0.908. The first kappa shape index (κ1) is 16.4. The van der Waals surface area contributed by atoms with Crippen LogP contribution in [-0.4, -0.2) is 29.7 Å². The first-order valence-corrected chi connectivity index (χ1v) is 9.12. The van der Waals surface area contributed by atoms with Gasteiger partial charge in [-0.05, 0) is 19.9 Å². The van der Waals surface area contributed by atoms with Gasteiger partial charge in [0.1, 0.15) is 5.60 Å². The maximum absolute atomic E-state index is 12.2. The van der Waals surface area contributed by atoms with Crippen molar-refractivity contribution in [1.82, 2.24) is 4.98 Å². The van der Waals surface area contributed by atoms with Crippen molar-refractivity contribution in [2.75, 3.05) is 18.5 Å². The summed E-state index contributed by atoms with van der Waals surface area (Å²) in [6.07, 6.45) is 1.62.